The van der Waals surface area contributed by atoms with Crippen LogP contribution in [0.25, 0.3) is 5.69 Å². The summed E-state index contributed by atoms with van der Waals surface area (Å²) in [5.74, 6) is -3.95. The van der Waals surface area contributed by atoms with Gasteiger partial charge in [-0.1, -0.05) is 49.2 Å². The number of sulfone groups is 1. The minimum atomic E-state index is -3.26. The number of aromatic nitrogens is 2. The van der Waals surface area contributed by atoms with Crippen molar-refractivity contribution in [2.75, 3.05) is 22.3 Å². The molecule has 290 valence electrons. The number of halogens is 2. The van der Waals surface area contributed by atoms with Gasteiger partial charge in [0.1, 0.15) is 21.5 Å². The van der Waals surface area contributed by atoms with E-state index in [2.05, 4.69) is 10.7 Å². The number of Topliss-reactive ketones (excluding diaryl/α,β-unsaturated/α-hetero) is 1. The summed E-state index contributed by atoms with van der Waals surface area (Å²) >= 11 is 0. The van der Waals surface area contributed by atoms with Crippen molar-refractivity contribution in [1.82, 2.24) is 15.2 Å². The average molecular weight is 781 g/mol. The number of hydrogen-bond donors (Lipinski definition) is 4. The maximum absolute atomic E-state index is 14.5. The number of nitrogens with one attached hydrogen (secondary N) is 2. The maximum Gasteiger partial charge on any atom is 0.215 e. The Morgan fingerprint density at radius 2 is 1.43 bits per heavy atom. The van der Waals surface area contributed by atoms with Crippen molar-refractivity contribution in [3.8, 4) is 5.69 Å². The number of nitrogens with zero attached hydrogens (tertiary/aromatic N) is 3. The zero-order valence-electron chi connectivity index (χ0n) is 30.7. The monoisotopic (exact) mass is 780 g/mol. The molecule has 0 radical (unpaired) electrons. The second-order valence-electron chi connectivity index (χ2n) is 14.6. The first-order valence-corrected chi connectivity index (χ1v) is 20.4. The molecule has 1 unspecified atom stereocenters. The molecule has 4 aromatic carbocycles. The highest BCUT2D eigenvalue weighted by Gasteiger charge is 2.46. The van der Waals surface area contributed by atoms with Crippen LogP contribution >= 0.6 is 0 Å². The molecule has 7 rings (SSSR count). The van der Waals surface area contributed by atoms with Gasteiger partial charge in [-0.05, 0) is 104 Å². The highest BCUT2D eigenvalue weighted by Crippen LogP contribution is 2.35. The molecule has 2 aliphatic rings. The van der Waals surface area contributed by atoms with E-state index in [0.717, 1.165) is 37.5 Å². The minimum Gasteiger partial charge on any atom is -0.390 e. The zero-order chi connectivity index (χ0) is 39.7. The van der Waals surface area contributed by atoms with Crippen LogP contribution in [0.4, 0.5) is 20.3 Å². The molecule has 1 saturated carbocycles. The Kier molecular flexibility index (Phi) is 10.6. The Hall–Kier alpha value is -5.70. The van der Waals surface area contributed by atoms with E-state index in [1.54, 1.807) is 42.5 Å². The summed E-state index contributed by atoms with van der Waals surface area (Å²) in [6.45, 7) is 0. The molecule has 0 bridgehead atoms. The molecule has 14 heteroatoms. The van der Waals surface area contributed by atoms with Crippen molar-refractivity contribution in [1.29, 1.82) is 0 Å². The first-order chi connectivity index (χ1) is 26.7. The van der Waals surface area contributed by atoms with E-state index in [9.17, 15) is 31.9 Å². The van der Waals surface area contributed by atoms with Crippen LogP contribution in [-0.4, -0.2) is 58.3 Å². The normalized spacial score (nSPS) is 17.7. The quantitative estimate of drug-likeness (QED) is 0.0776. The van der Waals surface area contributed by atoms with Crippen LogP contribution in [0.15, 0.2) is 115 Å². The zero-order valence-corrected chi connectivity index (χ0v) is 31.5. The first kappa shape index (κ1) is 38.6. The van der Waals surface area contributed by atoms with E-state index in [1.165, 1.54) is 70.6 Å². The van der Waals surface area contributed by atoms with Crippen molar-refractivity contribution in [3.63, 3.8) is 0 Å². The highest BCUT2D eigenvalue weighted by atomic mass is 32.2. The van der Waals surface area contributed by atoms with Gasteiger partial charge in [0.2, 0.25) is 5.79 Å². The summed E-state index contributed by atoms with van der Waals surface area (Å²) in [6, 6.07) is 24.7. The SMILES string of the molecule is CS(=O)(=O)CCc1cccc(C(=O)C2=CNN(c3ccc(F)cc3)C2(N)Nc2nn(-c3ccc(F)cc3)cc2C(=O)c2cccc(CCC3(O)CCCC3)c2)c1. The van der Waals surface area contributed by atoms with Crippen LogP contribution in [0.2, 0.25) is 0 Å². The number of nitrogens with two attached hydrogens (primary N) is 1. The molecule has 1 aromatic heterocycles. The number of hydrogen-bond acceptors (Lipinski definition) is 10. The molecular formula is C42H42F2N6O5S. The molecular weight excluding hydrogens is 739 g/mol. The van der Waals surface area contributed by atoms with Crippen molar-refractivity contribution < 1.29 is 31.9 Å². The van der Waals surface area contributed by atoms with Gasteiger partial charge in [-0.3, -0.25) is 15.3 Å². The van der Waals surface area contributed by atoms with Crippen LogP contribution in [-0.2, 0) is 22.7 Å². The number of hydrazine groups is 1. The summed E-state index contributed by atoms with van der Waals surface area (Å²) in [6.07, 6.45) is 8.87. The smallest absolute Gasteiger partial charge is 0.215 e. The van der Waals surface area contributed by atoms with Crippen LogP contribution in [0.1, 0.15) is 69.5 Å². The number of aliphatic hydroxyl groups is 1. The molecule has 5 aromatic rings. The Labute approximate surface area is 323 Å². The minimum absolute atomic E-state index is 0.00339. The van der Waals surface area contributed by atoms with E-state index < -0.39 is 44.4 Å². The van der Waals surface area contributed by atoms with Gasteiger partial charge in [0.25, 0.3) is 0 Å². The summed E-state index contributed by atoms with van der Waals surface area (Å²) in [7, 11) is -3.26. The summed E-state index contributed by atoms with van der Waals surface area (Å²) < 4.78 is 53.2. The number of anilines is 2. The van der Waals surface area contributed by atoms with Crippen molar-refractivity contribution >= 4 is 32.9 Å². The van der Waals surface area contributed by atoms with Crippen LogP contribution in [0.5, 0.6) is 0 Å². The van der Waals surface area contributed by atoms with E-state index in [1.807, 2.05) is 6.07 Å². The second kappa shape index (κ2) is 15.4. The van der Waals surface area contributed by atoms with Crippen molar-refractivity contribution in [2.45, 2.75) is 56.3 Å². The molecule has 5 N–H and O–H groups in total. The van der Waals surface area contributed by atoms with E-state index in [0.29, 0.717) is 35.3 Å². The van der Waals surface area contributed by atoms with E-state index in [4.69, 9.17) is 10.8 Å². The number of benzene rings is 4. The van der Waals surface area contributed by atoms with Gasteiger partial charge in [0.15, 0.2) is 17.4 Å². The third-order valence-electron chi connectivity index (χ3n) is 10.3. The number of ketones is 2. The fraction of sp³-hybridized carbons (Fsp3) is 0.262. The van der Waals surface area contributed by atoms with E-state index >= 15 is 0 Å². The lowest BCUT2D eigenvalue weighted by Crippen LogP contribution is -2.64. The lowest BCUT2D eigenvalue weighted by Gasteiger charge is -2.38. The number of carbonyl (C=O) groups is 2. The Morgan fingerprint density at radius 1 is 0.857 bits per heavy atom. The van der Waals surface area contributed by atoms with Gasteiger partial charge >= 0.3 is 0 Å². The molecule has 1 aliphatic heterocycles. The second-order valence-corrected chi connectivity index (χ2v) is 16.8. The molecule has 1 atom stereocenters. The molecule has 0 amide bonds. The molecule has 56 heavy (non-hydrogen) atoms. The van der Waals surface area contributed by atoms with E-state index in [-0.39, 0.29) is 34.7 Å². The van der Waals surface area contributed by atoms with Gasteiger partial charge in [-0.2, -0.15) is 0 Å². The standard InChI is InChI=1S/C42H42F2N6O5S/c1-56(54,55)23-19-29-7-5-9-31(25-29)39(52)37-26-46-50(35-16-12-33(44)13-17-35)42(37,45)47-40-36(27-49(48-40)34-14-10-32(43)11-15-34)38(51)30-8-4-6-28(24-30)18-22-41(53)20-2-3-21-41/h4-17,24-27,46,53H,2-3,18-23,45H2,1H3,(H,47,48). The number of aryl methyl sites for hydroxylation is 2. The fourth-order valence-corrected chi connectivity index (χ4v) is 7.85. The molecule has 2 heterocycles. The average Bonchev–Trinajstić information content (AvgIpc) is 3.90. The summed E-state index contributed by atoms with van der Waals surface area (Å²) in [4.78, 5) is 28.9. The van der Waals surface area contributed by atoms with Gasteiger partial charge < -0.3 is 15.8 Å². The molecule has 11 nitrogen and oxygen atoms in total. The van der Waals surface area contributed by atoms with Gasteiger partial charge in [-0.15, -0.1) is 5.10 Å². The van der Waals surface area contributed by atoms with Gasteiger partial charge in [0.05, 0.1) is 33.9 Å². The predicted octanol–water partition coefficient (Wildman–Crippen LogP) is 6.02. The Balaban J connectivity index is 1.27. The molecule has 0 spiro atoms. The lowest BCUT2D eigenvalue weighted by atomic mass is 9.92. The van der Waals surface area contributed by atoms with Crippen LogP contribution in [0, 0.1) is 11.6 Å². The first-order valence-electron chi connectivity index (χ1n) is 18.3. The summed E-state index contributed by atoms with van der Waals surface area (Å²) in [5, 5.41) is 20.2. The third-order valence-corrected chi connectivity index (χ3v) is 11.3. The largest absolute Gasteiger partial charge is 0.390 e. The van der Waals surface area contributed by atoms with Gasteiger partial charge in [0, 0.05) is 29.8 Å². The molecule has 0 saturated heterocycles. The Morgan fingerprint density at radius 3 is 2.04 bits per heavy atom. The third kappa shape index (κ3) is 8.42. The fourth-order valence-electron chi connectivity index (χ4n) is 7.24. The molecule has 1 fully saturated rings. The maximum atomic E-state index is 14.5. The Bertz CT molecular complexity index is 2410. The van der Waals surface area contributed by atoms with Crippen LogP contribution in [0.3, 0.4) is 0 Å². The topological polar surface area (TPSA) is 160 Å². The van der Waals surface area contributed by atoms with Crippen LogP contribution < -0.4 is 21.5 Å². The highest BCUT2D eigenvalue weighted by molar-refractivity contribution is 7.90. The number of carbonyl (C=O) groups excluding carboxylic acids is 2. The van der Waals surface area contributed by atoms with Gasteiger partial charge in [-0.25, -0.2) is 26.9 Å². The lowest BCUT2D eigenvalue weighted by molar-refractivity contribution is 0.0391. The number of rotatable bonds is 14. The molecule has 1 aliphatic carbocycles. The van der Waals surface area contributed by atoms with Crippen molar-refractivity contribution in [2.24, 2.45) is 5.73 Å². The summed E-state index contributed by atoms with van der Waals surface area (Å²) in [5.41, 5.74) is 12.5. The predicted molar refractivity (Wildman–Crippen MR) is 210 cm³/mol. The van der Waals surface area contributed by atoms with Crippen molar-refractivity contribution in [3.05, 3.63) is 154 Å².